The Morgan fingerprint density at radius 1 is 1.19 bits per heavy atom. The van der Waals surface area contributed by atoms with Crippen molar-refractivity contribution in [2.24, 2.45) is 0 Å². The van der Waals surface area contributed by atoms with Gasteiger partial charge in [-0.25, -0.2) is 0 Å². The zero-order valence-corrected chi connectivity index (χ0v) is 11.4. The summed E-state index contributed by atoms with van der Waals surface area (Å²) in [7, 11) is 0. The summed E-state index contributed by atoms with van der Waals surface area (Å²) >= 11 is 0. The smallest absolute Gasteiger partial charge is 0.304 e. The molecule has 0 atom stereocenters. The zero-order chi connectivity index (χ0) is 15.6. The van der Waals surface area contributed by atoms with Gasteiger partial charge < -0.3 is 9.80 Å². The van der Waals surface area contributed by atoms with Gasteiger partial charge in [-0.3, -0.25) is 19.7 Å². The molecular formula is C13H14FN3O4. The summed E-state index contributed by atoms with van der Waals surface area (Å²) in [6.45, 7) is 3.03. The van der Waals surface area contributed by atoms with Crippen LogP contribution in [0, 0.1) is 15.9 Å². The van der Waals surface area contributed by atoms with Gasteiger partial charge in [0.25, 0.3) is 5.91 Å². The number of nitro benzene ring substituents is 1. The standard InChI is InChI=1S/C13H14FN3O4/c1-9(18)15-4-6-16(7-5-15)13(19)10-2-3-12(17(20)21)11(14)8-10/h2-3,8H,4-7H2,1H3. The maximum Gasteiger partial charge on any atom is 0.304 e. The van der Waals surface area contributed by atoms with E-state index in [0.717, 1.165) is 12.1 Å². The minimum atomic E-state index is -1.03. The first-order valence-corrected chi connectivity index (χ1v) is 6.39. The highest BCUT2D eigenvalue weighted by Crippen LogP contribution is 2.19. The molecule has 0 bridgehead atoms. The molecule has 8 heteroatoms. The summed E-state index contributed by atoms with van der Waals surface area (Å²) in [6.07, 6.45) is 0. The SMILES string of the molecule is CC(=O)N1CCN(C(=O)c2ccc([N+](=O)[O-])c(F)c2)CC1. The molecule has 0 radical (unpaired) electrons. The fraction of sp³-hybridized carbons (Fsp3) is 0.385. The Kier molecular flexibility index (Phi) is 4.15. The predicted molar refractivity (Wildman–Crippen MR) is 71.2 cm³/mol. The number of piperazine rings is 1. The third kappa shape index (κ3) is 3.15. The second kappa shape index (κ2) is 5.86. The molecule has 1 fully saturated rings. The van der Waals surface area contributed by atoms with E-state index in [-0.39, 0.29) is 11.5 Å². The molecule has 0 aliphatic carbocycles. The van der Waals surface area contributed by atoms with Crippen LogP contribution in [0.15, 0.2) is 18.2 Å². The lowest BCUT2D eigenvalue weighted by molar-refractivity contribution is -0.387. The first-order valence-electron chi connectivity index (χ1n) is 6.39. The summed E-state index contributed by atoms with van der Waals surface area (Å²) in [6, 6.07) is 3.09. The Morgan fingerprint density at radius 2 is 1.76 bits per heavy atom. The first kappa shape index (κ1) is 14.9. The molecule has 0 aromatic heterocycles. The van der Waals surface area contributed by atoms with Crippen LogP contribution in [-0.2, 0) is 4.79 Å². The number of carbonyl (C=O) groups is 2. The van der Waals surface area contributed by atoms with Gasteiger partial charge in [-0.1, -0.05) is 0 Å². The molecule has 0 spiro atoms. The van der Waals surface area contributed by atoms with Gasteiger partial charge in [-0.15, -0.1) is 0 Å². The van der Waals surface area contributed by atoms with Crippen molar-refractivity contribution in [2.75, 3.05) is 26.2 Å². The number of nitrogens with zero attached hydrogens (tertiary/aromatic N) is 3. The second-order valence-corrected chi connectivity index (χ2v) is 4.72. The van der Waals surface area contributed by atoms with Crippen molar-refractivity contribution in [1.82, 2.24) is 9.80 Å². The summed E-state index contributed by atoms with van der Waals surface area (Å²) in [5, 5.41) is 10.5. The van der Waals surface area contributed by atoms with Crippen LogP contribution in [-0.4, -0.2) is 52.7 Å². The minimum absolute atomic E-state index is 0.0523. The van der Waals surface area contributed by atoms with Crippen LogP contribution < -0.4 is 0 Å². The minimum Gasteiger partial charge on any atom is -0.339 e. The van der Waals surface area contributed by atoms with Gasteiger partial charge in [0, 0.05) is 44.7 Å². The lowest BCUT2D eigenvalue weighted by atomic mass is 10.1. The Hall–Kier alpha value is -2.51. The lowest BCUT2D eigenvalue weighted by Gasteiger charge is -2.34. The maximum absolute atomic E-state index is 13.5. The number of amides is 2. The van der Waals surface area contributed by atoms with E-state index in [4.69, 9.17) is 0 Å². The van der Waals surface area contributed by atoms with Crippen molar-refractivity contribution >= 4 is 17.5 Å². The second-order valence-electron chi connectivity index (χ2n) is 4.72. The number of carbonyl (C=O) groups excluding carboxylic acids is 2. The average molecular weight is 295 g/mol. The highest BCUT2D eigenvalue weighted by molar-refractivity contribution is 5.94. The topological polar surface area (TPSA) is 83.8 Å². The number of rotatable bonds is 2. The monoisotopic (exact) mass is 295 g/mol. The van der Waals surface area contributed by atoms with Crippen LogP contribution in [0.5, 0.6) is 0 Å². The molecule has 1 aliphatic heterocycles. The molecule has 0 saturated carbocycles. The van der Waals surface area contributed by atoms with Crippen molar-refractivity contribution in [3.8, 4) is 0 Å². The van der Waals surface area contributed by atoms with E-state index in [1.54, 1.807) is 4.90 Å². The molecular weight excluding hydrogens is 281 g/mol. The van der Waals surface area contributed by atoms with Crippen molar-refractivity contribution in [3.63, 3.8) is 0 Å². The van der Waals surface area contributed by atoms with Crippen LogP contribution >= 0.6 is 0 Å². The van der Waals surface area contributed by atoms with Crippen molar-refractivity contribution in [2.45, 2.75) is 6.92 Å². The highest BCUT2D eigenvalue weighted by Gasteiger charge is 2.24. The molecule has 21 heavy (non-hydrogen) atoms. The largest absolute Gasteiger partial charge is 0.339 e. The molecule has 0 N–H and O–H groups in total. The van der Waals surface area contributed by atoms with Crippen LogP contribution in [0.3, 0.4) is 0 Å². The Balaban J connectivity index is 2.09. The number of hydrogen-bond acceptors (Lipinski definition) is 4. The molecule has 2 amide bonds. The molecule has 7 nitrogen and oxygen atoms in total. The van der Waals surface area contributed by atoms with Crippen LogP contribution in [0.2, 0.25) is 0 Å². The maximum atomic E-state index is 13.5. The summed E-state index contributed by atoms with van der Waals surface area (Å²) in [5.41, 5.74) is -0.595. The molecule has 112 valence electrons. The van der Waals surface area contributed by atoms with Crippen molar-refractivity contribution in [3.05, 3.63) is 39.7 Å². The predicted octanol–water partition coefficient (Wildman–Crippen LogP) is 1.04. The molecule has 1 saturated heterocycles. The van der Waals surface area contributed by atoms with E-state index in [2.05, 4.69) is 0 Å². The Bertz CT molecular complexity index is 597. The number of halogens is 1. The molecule has 1 aliphatic rings. The Labute approximate surface area is 120 Å². The summed E-state index contributed by atoms with van der Waals surface area (Å²) in [5.74, 6) is -1.48. The van der Waals surface area contributed by atoms with Crippen molar-refractivity contribution < 1.29 is 18.9 Å². The van der Waals surface area contributed by atoms with Crippen molar-refractivity contribution in [1.29, 1.82) is 0 Å². The Morgan fingerprint density at radius 3 is 2.24 bits per heavy atom. The highest BCUT2D eigenvalue weighted by atomic mass is 19.1. The number of hydrogen-bond donors (Lipinski definition) is 0. The van der Waals surface area contributed by atoms with Crippen LogP contribution in [0.4, 0.5) is 10.1 Å². The van der Waals surface area contributed by atoms with Gasteiger partial charge in [-0.05, 0) is 12.1 Å². The number of benzene rings is 1. The summed E-state index contributed by atoms with van der Waals surface area (Å²) < 4.78 is 13.5. The lowest BCUT2D eigenvalue weighted by Crippen LogP contribution is -2.50. The van der Waals surface area contributed by atoms with Gasteiger partial charge in [0.15, 0.2) is 0 Å². The third-order valence-electron chi connectivity index (χ3n) is 3.40. The number of nitro groups is 1. The molecule has 1 aromatic carbocycles. The quantitative estimate of drug-likeness (QED) is 0.603. The van der Waals surface area contributed by atoms with E-state index >= 15 is 0 Å². The third-order valence-corrected chi connectivity index (χ3v) is 3.40. The molecule has 1 heterocycles. The van der Waals surface area contributed by atoms with Crippen LogP contribution in [0.25, 0.3) is 0 Å². The van der Waals surface area contributed by atoms with Gasteiger partial charge in [0.05, 0.1) is 4.92 Å². The van der Waals surface area contributed by atoms with Crippen LogP contribution in [0.1, 0.15) is 17.3 Å². The molecule has 1 aromatic rings. The molecule has 2 rings (SSSR count). The van der Waals surface area contributed by atoms with Gasteiger partial charge >= 0.3 is 5.69 Å². The van der Waals surface area contributed by atoms with E-state index in [1.165, 1.54) is 17.9 Å². The zero-order valence-electron chi connectivity index (χ0n) is 11.4. The average Bonchev–Trinajstić information content (AvgIpc) is 2.46. The first-order chi connectivity index (χ1) is 9.90. The van der Waals surface area contributed by atoms with E-state index in [9.17, 15) is 24.1 Å². The van der Waals surface area contributed by atoms with E-state index in [1.807, 2.05) is 0 Å². The fourth-order valence-electron chi connectivity index (χ4n) is 2.20. The van der Waals surface area contributed by atoms with Gasteiger partial charge in [0.2, 0.25) is 11.7 Å². The normalized spacial score (nSPS) is 15.0. The molecule has 0 unspecified atom stereocenters. The van der Waals surface area contributed by atoms with E-state index < -0.39 is 22.3 Å². The van der Waals surface area contributed by atoms with Gasteiger partial charge in [-0.2, -0.15) is 4.39 Å². The van der Waals surface area contributed by atoms with E-state index in [0.29, 0.717) is 26.2 Å². The van der Waals surface area contributed by atoms with Gasteiger partial charge in [0.1, 0.15) is 0 Å². The fourth-order valence-corrected chi connectivity index (χ4v) is 2.20. The summed E-state index contributed by atoms with van der Waals surface area (Å²) in [4.78, 5) is 36.2.